The van der Waals surface area contributed by atoms with Crippen molar-refractivity contribution in [3.63, 3.8) is 0 Å². The Morgan fingerprint density at radius 1 is 1.35 bits per heavy atom. The van der Waals surface area contributed by atoms with Gasteiger partial charge in [0.2, 0.25) is 0 Å². The normalized spacial score (nSPS) is 17.4. The number of anilines is 1. The molecule has 0 atom stereocenters. The van der Waals surface area contributed by atoms with Gasteiger partial charge in [-0.3, -0.25) is 0 Å². The molecule has 1 heterocycles. The highest BCUT2D eigenvalue weighted by Crippen LogP contribution is 2.30. The summed E-state index contributed by atoms with van der Waals surface area (Å²) in [5, 5.41) is 0.844. The van der Waals surface area contributed by atoms with Gasteiger partial charge in [-0.25, -0.2) is 0 Å². The van der Waals surface area contributed by atoms with Crippen molar-refractivity contribution in [3.05, 3.63) is 28.8 Å². The third kappa shape index (κ3) is 3.66. The number of likely N-dealkylation sites (tertiary alicyclic amines) is 1. The van der Waals surface area contributed by atoms with Crippen molar-refractivity contribution in [1.29, 1.82) is 0 Å². The Morgan fingerprint density at radius 3 is 2.60 bits per heavy atom. The summed E-state index contributed by atoms with van der Waals surface area (Å²) in [6.07, 6.45) is 3.31. The van der Waals surface area contributed by atoms with Gasteiger partial charge in [0.25, 0.3) is 0 Å². The van der Waals surface area contributed by atoms with Crippen molar-refractivity contribution in [2.45, 2.75) is 32.2 Å². The fraction of sp³-hybridized carbons (Fsp3) is 0.625. The van der Waals surface area contributed by atoms with Gasteiger partial charge in [0.05, 0.1) is 10.7 Å². The number of hydrogen-bond donors (Lipinski definition) is 1. The molecule has 0 amide bonds. The smallest absolute Gasteiger partial charge is 0.0642 e. The molecular weight excluding hydrogens is 270 g/mol. The standard InChI is InChI=1S/C16H26ClN3/c1-3-20-10-7-14(8-11-20)19(2)16-5-4-13(6-9-18)12-15(16)17/h4-5,12,14H,3,6-11,18H2,1-2H3. The molecule has 4 heteroatoms. The molecule has 0 radical (unpaired) electrons. The second-order valence-corrected chi connectivity index (χ2v) is 6.01. The summed E-state index contributed by atoms with van der Waals surface area (Å²) < 4.78 is 0. The molecule has 1 aliphatic rings. The van der Waals surface area contributed by atoms with Crippen LogP contribution >= 0.6 is 11.6 Å². The Labute approximate surface area is 127 Å². The number of hydrogen-bond acceptors (Lipinski definition) is 3. The highest BCUT2D eigenvalue weighted by Gasteiger charge is 2.22. The fourth-order valence-electron chi connectivity index (χ4n) is 2.98. The number of piperidine rings is 1. The van der Waals surface area contributed by atoms with Crippen LogP contribution in [0.15, 0.2) is 18.2 Å². The van der Waals surface area contributed by atoms with Gasteiger partial charge in [0.15, 0.2) is 0 Å². The van der Waals surface area contributed by atoms with Crippen LogP contribution in [0, 0.1) is 0 Å². The van der Waals surface area contributed by atoms with Crippen LogP contribution in [-0.4, -0.2) is 44.2 Å². The molecule has 2 N–H and O–H groups in total. The highest BCUT2D eigenvalue weighted by atomic mass is 35.5. The minimum absolute atomic E-state index is 0.593. The highest BCUT2D eigenvalue weighted by molar-refractivity contribution is 6.33. The number of nitrogens with zero attached hydrogens (tertiary/aromatic N) is 2. The summed E-state index contributed by atoms with van der Waals surface area (Å²) in [6.45, 7) is 6.44. The van der Waals surface area contributed by atoms with Crippen LogP contribution < -0.4 is 10.6 Å². The summed E-state index contributed by atoms with van der Waals surface area (Å²) in [6, 6.07) is 6.93. The second kappa shape index (κ2) is 7.30. The van der Waals surface area contributed by atoms with E-state index in [1.807, 2.05) is 0 Å². The lowest BCUT2D eigenvalue weighted by atomic mass is 10.0. The van der Waals surface area contributed by atoms with Crippen molar-refractivity contribution >= 4 is 17.3 Å². The Bertz CT molecular complexity index is 428. The summed E-state index contributed by atoms with van der Waals surface area (Å²) in [4.78, 5) is 4.86. The van der Waals surface area contributed by atoms with Crippen LogP contribution in [-0.2, 0) is 6.42 Å². The first kappa shape index (κ1) is 15.6. The molecule has 0 bridgehead atoms. The van der Waals surface area contributed by atoms with E-state index in [2.05, 4.69) is 42.0 Å². The maximum atomic E-state index is 6.44. The minimum Gasteiger partial charge on any atom is -0.370 e. The number of rotatable bonds is 5. The molecular formula is C16H26ClN3. The van der Waals surface area contributed by atoms with E-state index in [1.165, 1.54) is 31.5 Å². The zero-order valence-electron chi connectivity index (χ0n) is 12.6. The van der Waals surface area contributed by atoms with E-state index >= 15 is 0 Å². The Morgan fingerprint density at radius 2 is 2.05 bits per heavy atom. The summed E-state index contributed by atoms with van der Waals surface area (Å²) in [5.41, 5.74) is 7.95. The van der Waals surface area contributed by atoms with E-state index in [0.717, 1.165) is 23.7 Å². The largest absolute Gasteiger partial charge is 0.370 e. The lowest BCUT2D eigenvalue weighted by Gasteiger charge is -2.37. The first-order valence-corrected chi connectivity index (χ1v) is 7.97. The molecule has 112 valence electrons. The summed E-state index contributed by atoms with van der Waals surface area (Å²) in [5.74, 6) is 0. The quantitative estimate of drug-likeness (QED) is 0.907. The van der Waals surface area contributed by atoms with Gasteiger partial charge in [-0.1, -0.05) is 24.6 Å². The van der Waals surface area contributed by atoms with E-state index in [9.17, 15) is 0 Å². The molecule has 0 aliphatic carbocycles. The van der Waals surface area contributed by atoms with Crippen LogP contribution in [0.3, 0.4) is 0 Å². The first-order valence-electron chi connectivity index (χ1n) is 7.59. The lowest BCUT2D eigenvalue weighted by Crippen LogP contribution is -2.43. The van der Waals surface area contributed by atoms with E-state index in [-0.39, 0.29) is 0 Å². The maximum Gasteiger partial charge on any atom is 0.0642 e. The molecule has 1 aromatic carbocycles. The maximum absolute atomic E-state index is 6.44. The van der Waals surface area contributed by atoms with Gasteiger partial charge < -0.3 is 15.5 Å². The van der Waals surface area contributed by atoms with Crippen molar-refractivity contribution < 1.29 is 0 Å². The monoisotopic (exact) mass is 295 g/mol. The van der Waals surface area contributed by atoms with Crippen molar-refractivity contribution in [2.75, 3.05) is 38.1 Å². The third-order valence-electron chi connectivity index (χ3n) is 4.38. The molecule has 0 spiro atoms. The molecule has 1 saturated heterocycles. The molecule has 2 rings (SSSR count). The van der Waals surface area contributed by atoms with E-state index in [4.69, 9.17) is 17.3 Å². The Kier molecular flexibility index (Phi) is 5.70. The molecule has 3 nitrogen and oxygen atoms in total. The fourth-order valence-corrected chi connectivity index (χ4v) is 3.31. The van der Waals surface area contributed by atoms with Gasteiger partial charge in [-0.15, -0.1) is 0 Å². The van der Waals surface area contributed by atoms with Gasteiger partial charge >= 0.3 is 0 Å². The second-order valence-electron chi connectivity index (χ2n) is 5.60. The summed E-state index contributed by atoms with van der Waals surface area (Å²) >= 11 is 6.44. The van der Waals surface area contributed by atoms with E-state index in [0.29, 0.717) is 12.6 Å². The van der Waals surface area contributed by atoms with E-state index in [1.54, 1.807) is 0 Å². The number of halogens is 1. The SMILES string of the molecule is CCN1CCC(N(C)c2ccc(CCN)cc2Cl)CC1. The first-order chi connectivity index (χ1) is 9.65. The number of benzene rings is 1. The van der Waals surface area contributed by atoms with Crippen LogP contribution in [0.2, 0.25) is 5.02 Å². The zero-order valence-corrected chi connectivity index (χ0v) is 13.4. The van der Waals surface area contributed by atoms with Crippen LogP contribution in [0.1, 0.15) is 25.3 Å². The zero-order chi connectivity index (χ0) is 14.5. The molecule has 1 fully saturated rings. The minimum atomic E-state index is 0.593. The summed E-state index contributed by atoms with van der Waals surface area (Å²) in [7, 11) is 2.16. The average Bonchev–Trinajstić information content (AvgIpc) is 2.47. The molecule has 1 aromatic rings. The van der Waals surface area contributed by atoms with Gasteiger partial charge in [0.1, 0.15) is 0 Å². The molecule has 1 aliphatic heterocycles. The van der Waals surface area contributed by atoms with Crippen molar-refractivity contribution in [3.8, 4) is 0 Å². The van der Waals surface area contributed by atoms with Crippen molar-refractivity contribution in [1.82, 2.24) is 4.90 Å². The van der Waals surface area contributed by atoms with E-state index < -0.39 is 0 Å². The molecule has 0 unspecified atom stereocenters. The van der Waals surface area contributed by atoms with Gasteiger partial charge in [-0.2, -0.15) is 0 Å². The Hall–Kier alpha value is -0.770. The molecule has 0 aromatic heterocycles. The van der Waals surface area contributed by atoms with Gasteiger partial charge in [-0.05, 0) is 50.0 Å². The Balaban J connectivity index is 2.03. The molecule has 0 saturated carbocycles. The lowest BCUT2D eigenvalue weighted by molar-refractivity contribution is 0.221. The predicted molar refractivity (Wildman–Crippen MR) is 87.7 cm³/mol. The third-order valence-corrected chi connectivity index (χ3v) is 4.68. The number of nitrogens with two attached hydrogens (primary N) is 1. The topological polar surface area (TPSA) is 32.5 Å². The predicted octanol–water partition coefficient (Wildman–Crippen LogP) is 2.76. The van der Waals surface area contributed by atoms with Crippen LogP contribution in [0.4, 0.5) is 5.69 Å². The van der Waals surface area contributed by atoms with Gasteiger partial charge in [0, 0.05) is 26.2 Å². The van der Waals surface area contributed by atoms with Crippen LogP contribution in [0.5, 0.6) is 0 Å². The van der Waals surface area contributed by atoms with Crippen LogP contribution in [0.25, 0.3) is 0 Å². The molecule has 20 heavy (non-hydrogen) atoms. The van der Waals surface area contributed by atoms with Crippen molar-refractivity contribution in [2.24, 2.45) is 5.73 Å². The average molecular weight is 296 g/mol.